The number of hydrazone groups is 1. The Labute approximate surface area is 199 Å². The maximum Gasteiger partial charge on any atom is 0.379 e. The van der Waals surface area contributed by atoms with Crippen molar-refractivity contribution < 1.29 is 18.7 Å². The third-order valence-corrected chi connectivity index (χ3v) is 6.13. The molecule has 0 spiro atoms. The van der Waals surface area contributed by atoms with Crippen LogP contribution >= 0.6 is 27.7 Å². The van der Waals surface area contributed by atoms with Crippen LogP contribution in [0.25, 0.3) is 6.08 Å². The number of furan rings is 1. The number of benzene rings is 1. The van der Waals surface area contributed by atoms with E-state index in [-0.39, 0.29) is 22.9 Å². The molecule has 11 heteroatoms. The largest absolute Gasteiger partial charge is 0.457 e. The van der Waals surface area contributed by atoms with Crippen LogP contribution in [0, 0.1) is 5.41 Å². The molecule has 162 valence electrons. The molecular formula is C22H12BrN5O4S. The van der Waals surface area contributed by atoms with Gasteiger partial charge in [0.25, 0.3) is 5.91 Å². The number of carbonyl (C=O) groups is 2. The molecule has 0 fully saturated rings. The van der Waals surface area contributed by atoms with Crippen LogP contribution in [-0.2, 0) is 4.79 Å². The highest BCUT2D eigenvalue weighted by molar-refractivity contribution is 9.10. The number of nitrogens with zero attached hydrogens (tertiary/aromatic N) is 4. The number of aliphatic imine (C=N–C) groups is 1. The highest BCUT2D eigenvalue weighted by atomic mass is 79.9. The number of ether oxygens (including phenoxy) is 1. The molecule has 0 aliphatic carbocycles. The van der Waals surface area contributed by atoms with Gasteiger partial charge >= 0.3 is 5.97 Å². The Hall–Kier alpha value is -3.83. The molecule has 2 aliphatic heterocycles. The zero-order valence-electron chi connectivity index (χ0n) is 16.6. The van der Waals surface area contributed by atoms with Gasteiger partial charge in [0.15, 0.2) is 5.84 Å². The molecule has 0 unspecified atom stereocenters. The second-order valence-electron chi connectivity index (χ2n) is 6.72. The number of hydrogen-bond donors (Lipinski definition) is 1. The summed E-state index contributed by atoms with van der Waals surface area (Å²) in [6, 6.07) is 11.6. The first kappa shape index (κ1) is 21.0. The summed E-state index contributed by atoms with van der Waals surface area (Å²) >= 11 is 4.57. The van der Waals surface area contributed by atoms with Gasteiger partial charge < -0.3 is 9.15 Å². The summed E-state index contributed by atoms with van der Waals surface area (Å²) in [6.07, 6.45) is 6.23. The Morgan fingerprint density at radius 2 is 2.12 bits per heavy atom. The summed E-state index contributed by atoms with van der Waals surface area (Å²) in [7, 11) is 0. The van der Waals surface area contributed by atoms with Gasteiger partial charge in [-0.3, -0.25) is 15.2 Å². The van der Waals surface area contributed by atoms with Crippen LogP contribution in [-0.4, -0.2) is 37.9 Å². The number of rotatable bonds is 4. The minimum Gasteiger partial charge on any atom is -0.457 e. The molecule has 0 atom stereocenters. The maximum atomic E-state index is 12.6. The van der Waals surface area contributed by atoms with Gasteiger partial charge in [0, 0.05) is 18.0 Å². The average molecular weight is 522 g/mol. The fourth-order valence-corrected chi connectivity index (χ4v) is 4.36. The first-order valence-electron chi connectivity index (χ1n) is 9.45. The molecule has 2 aliphatic rings. The Balaban J connectivity index is 1.39. The van der Waals surface area contributed by atoms with E-state index in [4.69, 9.17) is 14.6 Å². The standard InChI is InChI=1S/C22H12BrN5O4S/c23-15-10-12(5-6-16(15)32-21(30)17-4-2-8-31-17)9-14-18(24)28-22(26-19(14)29)33-20(27-28)13-3-1-7-25-11-13/h1-11,24H. The number of amidine groups is 2. The van der Waals surface area contributed by atoms with Crippen molar-refractivity contribution in [3.05, 3.63) is 88.1 Å². The Bertz CT molecular complexity index is 1380. The topological polar surface area (TPSA) is 121 Å². The van der Waals surface area contributed by atoms with E-state index in [2.05, 4.69) is 31.0 Å². The molecule has 3 aromatic rings. The maximum absolute atomic E-state index is 12.6. The summed E-state index contributed by atoms with van der Waals surface area (Å²) in [6.45, 7) is 0. The number of fused-ring (bicyclic) bond motifs is 1. The van der Waals surface area contributed by atoms with Gasteiger partial charge in [-0.15, -0.1) is 0 Å². The van der Waals surface area contributed by atoms with Gasteiger partial charge in [-0.05, 0) is 75.7 Å². The molecule has 5 rings (SSSR count). The smallest absolute Gasteiger partial charge is 0.379 e. The first-order valence-corrected chi connectivity index (χ1v) is 11.1. The lowest BCUT2D eigenvalue weighted by Crippen LogP contribution is -2.35. The SMILES string of the molecule is N=C1C(=Cc2ccc(OC(=O)c3ccco3)c(Br)c2)C(=O)N=C2SC(c3cccnc3)=NN12. The molecule has 9 nitrogen and oxygen atoms in total. The molecule has 1 amide bonds. The molecule has 33 heavy (non-hydrogen) atoms. The van der Waals surface area contributed by atoms with E-state index < -0.39 is 11.9 Å². The lowest BCUT2D eigenvalue weighted by Gasteiger charge is -2.20. The summed E-state index contributed by atoms with van der Waals surface area (Å²) in [4.78, 5) is 32.9. The molecule has 1 N–H and O–H groups in total. The fourth-order valence-electron chi connectivity index (χ4n) is 3.00. The first-order chi connectivity index (χ1) is 16.0. The predicted octanol–water partition coefficient (Wildman–Crippen LogP) is 4.32. The number of hydrogen-bond acceptors (Lipinski definition) is 8. The van der Waals surface area contributed by atoms with Crippen LogP contribution in [0.5, 0.6) is 5.75 Å². The van der Waals surface area contributed by atoms with E-state index in [1.807, 2.05) is 6.07 Å². The van der Waals surface area contributed by atoms with Crippen LogP contribution in [0.4, 0.5) is 0 Å². The Kier molecular flexibility index (Phi) is 5.48. The third kappa shape index (κ3) is 4.15. The van der Waals surface area contributed by atoms with Crippen molar-refractivity contribution in [1.82, 2.24) is 9.99 Å². The zero-order chi connectivity index (χ0) is 22.9. The number of esters is 1. The highest BCUT2D eigenvalue weighted by Gasteiger charge is 2.36. The van der Waals surface area contributed by atoms with Gasteiger partial charge in [0.1, 0.15) is 10.8 Å². The van der Waals surface area contributed by atoms with E-state index in [9.17, 15) is 9.59 Å². The molecule has 0 saturated heterocycles. The number of halogens is 1. The van der Waals surface area contributed by atoms with Crippen LogP contribution in [0.3, 0.4) is 0 Å². The van der Waals surface area contributed by atoms with Crippen molar-refractivity contribution in [2.75, 3.05) is 0 Å². The van der Waals surface area contributed by atoms with E-state index in [0.717, 1.165) is 5.56 Å². The Morgan fingerprint density at radius 3 is 2.85 bits per heavy atom. The van der Waals surface area contributed by atoms with Gasteiger partial charge in [-0.25, -0.2) is 4.79 Å². The quantitative estimate of drug-likeness (QED) is 0.308. The summed E-state index contributed by atoms with van der Waals surface area (Å²) in [5, 5.41) is 15.2. The molecule has 0 saturated carbocycles. The second kappa shape index (κ2) is 8.60. The molecule has 0 bridgehead atoms. The van der Waals surface area contributed by atoms with Crippen LogP contribution in [0.2, 0.25) is 0 Å². The van der Waals surface area contributed by atoms with E-state index >= 15 is 0 Å². The molecule has 2 aromatic heterocycles. The molecule has 4 heterocycles. The van der Waals surface area contributed by atoms with Gasteiger partial charge in [0.05, 0.1) is 16.3 Å². The monoisotopic (exact) mass is 521 g/mol. The zero-order valence-corrected chi connectivity index (χ0v) is 19.0. The minimum atomic E-state index is -0.633. The number of pyridine rings is 1. The number of amides is 1. The van der Waals surface area contributed by atoms with Crippen LogP contribution < -0.4 is 4.74 Å². The number of thioether (sulfide) groups is 1. The predicted molar refractivity (Wildman–Crippen MR) is 126 cm³/mol. The molecule has 0 radical (unpaired) electrons. The number of carbonyl (C=O) groups excluding carboxylic acids is 2. The van der Waals surface area contributed by atoms with Crippen molar-refractivity contribution in [2.45, 2.75) is 0 Å². The average Bonchev–Trinajstić information content (AvgIpc) is 3.49. The highest BCUT2D eigenvalue weighted by Crippen LogP contribution is 2.32. The van der Waals surface area contributed by atoms with Gasteiger partial charge in [-0.2, -0.15) is 15.1 Å². The Morgan fingerprint density at radius 1 is 1.24 bits per heavy atom. The van der Waals surface area contributed by atoms with E-state index in [1.54, 1.807) is 42.7 Å². The van der Waals surface area contributed by atoms with Gasteiger partial charge in [0.2, 0.25) is 10.9 Å². The molecular weight excluding hydrogens is 510 g/mol. The van der Waals surface area contributed by atoms with Crippen molar-refractivity contribution in [1.29, 1.82) is 5.41 Å². The van der Waals surface area contributed by atoms with E-state index in [0.29, 0.717) is 20.2 Å². The van der Waals surface area contributed by atoms with Gasteiger partial charge in [-0.1, -0.05) is 6.07 Å². The second-order valence-corrected chi connectivity index (χ2v) is 8.53. The number of aromatic nitrogens is 1. The minimum absolute atomic E-state index is 0.0812. The number of nitrogens with one attached hydrogen (secondary N) is 1. The van der Waals surface area contributed by atoms with Crippen molar-refractivity contribution in [2.24, 2.45) is 10.1 Å². The van der Waals surface area contributed by atoms with Crippen LogP contribution in [0.15, 0.2) is 85.7 Å². The molecule has 1 aromatic carbocycles. The normalized spacial score (nSPS) is 16.5. The lowest BCUT2D eigenvalue weighted by atomic mass is 10.1. The van der Waals surface area contributed by atoms with Crippen LogP contribution in [0.1, 0.15) is 21.7 Å². The lowest BCUT2D eigenvalue weighted by molar-refractivity contribution is -0.114. The van der Waals surface area contributed by atoms with E-state index in [1.165, 1.54) is 35.2 Å². The van der Waals surface area contributed by atoms with Crippen molar-refractivity contribution in [3.63, 3.8) is 0 Å². The summed E-state index contributed by atoms with van der Waals surface area (Å²) in [5.41, 5.74) is 1.46. The fraction of sp³-hybridized carbons (Fsp3) is 0. The van der Waals surface area contributed by atoms with Crippen molar-refractivity contribution >= 4 is 61.7 Å². The summed E-state index contributed by atoms with van der Waals surface area (Å²) in [5.74, 6) is -0.887. The van der Waals surface area contributed by atoms with Crippen molar-refractivity contribution in [3.8, 4) is 5.75 Å². The third-order valence-electron chi connectivity index (χ3n) is 4.55. The summed E-state index contributed by atoms with van der Waals surface area (Å²) < 4.78 is 10.8.